The van der Waals surface area contributed by atoms with E-state index in [2.05, 4.69) is 32.1 Å². The summed E-state index contributed by atoms with van der Waals surface area (Å²) in [6, 6.07) is 0.265. The van der Waals surface area contributed by atoms with Crippen LogP contribution >= 0.6 is 0 Å². The van der Waals surface area contributed by atoms with Gasteiger partial charge in [0, 0.05) is 43.5 Å². The molecule has 27 heavy (non-hydrogen) atoms. The molecule has 2 atom stereocenters. The predicted octanol–water partition coefficient (Wildman–Crippen LogP) is 2.70. The quantitative estimate of drug-likeness (QED) is 0.874. The Morgan fingerprint density at radius 3 is 2.89 bits per heavy atom. The van der Waals surface area contributed by atoms with Crippen LogP contribution in [0.4, 0.5) is 0 Å². The van der Waals surface area contributed by atoms with Gasteiger partial charge in [0.2, 0.25) is 0 Å². The second kappa shape index (κ2) is 7.46. The van der Waals surface area contributed by atoms with E-state index in [1.54, 1.807) is 6.20 Å². The number of aromatic nitrogens is 3. The molecule has 2 aromatic rings. The molecule has 2 aromatic heterocycles. The van der Waals surface area contributed by atoms with E-state index < -0.39 is 0 Å². The smallest absolute Gasteiger partial charge is 0.257 e. The van der Waals surface area contributed by atoms with Crippen LogP contribution in [0.15, 0.2) is 10.7 Å². The minimum absolute atomic E-state index is 0.140. The number of hydrogen-bond donors (Lipinski definition) is 1. The highest BCUT2D eigenvalue weighted by atomic mass is 16.5. The fourth-order valence-electron chi connectivity index (χ4n) is 4.60. The first-order chi connectivity index (χ1) is 13.1. The Hall–Kier alpha value is -2.15. The molecule has 0 saturated carbocycles. The molecule has 3 fully saturated rings. The number of piperidine rings is 1. The van der Waals surface area contributed by atoms with Crippen LogP contribution < -0.4 is 0 Å². The molecule has 7 heteroatoms. The lowest BCUT2D eigenvalue weighted by molar-refractivity contribution is 0.0583. The lowest BCUT2D eigenvalue weighted by atomic mass is 9.94. The highest BCUT2D eigenvalue weighted by Gasteiger charge is 2.38. The Morgan fingerprint density at radius 2 is 2.15 bits per heavy atom. The van der Waals surface area contributed by atoms with E-state index in [9.17, 15) is 4.79 Å². The van der Waals surface area contributed by atoms with Crippen molar-refractivity contribution in [2.24, 2.45) is 5.92 Å². The van der Waals surface area contributed by atoms with Gasteiger partial charge >= 0.3 is 0 Å². The predicted molar refractivity (Wildman–Crippen MR) is 101 cm³/mol. The number of fused-ring (bicyclic) bond motifs is 4. The first-order valence-electron chi connectivity index (χ1n) is 10.0. The number of H-pyrrole nitrogens is 1. The normalized spacial score (nSPS) is 23.0. The van der Waals surface area contributed by atoms with Crippen molar-refractivity contribution in [3.63, 3.8) is 0 Å². The summed E-state index contributed by atoms with van der Waals surface area (Å²) < 4.78 is 5.33. The van der Waals surface area contributed by atoms with Gasteiger partial charge in [0.05, 0.1) is 17.5 Å². The van der Waals surface area contributed by atoms with Crippen molar-refractivity contribution in [2.45, 2.75) is 59.0 Å². The summed E-state index contributed by atoms with van der Waals surface area (Å²) in [6.45, 7) is 9.73. The third-order valence-corrected chi connectivity index (χ3v) is 6.06. The molecule has 1 amide bonds. The fourth-order valence-corrected chi connectivity index (χ4v) is 4.60. The molecular weight excluding hydrogens is 342 g/mol. The van der Waals surface area contributed by atoms with Crippen LogP contribution in [0, 0.1) is 19.8 Å². The maximum absolute atomic E-state index is 13.3. The van der Waals surface area contributed by atoms with Crippen molar-refractivity contribution in [1.82, 2.24) is 25.2 Å². The van der Waals surface area contributed by atoms with Crippen molar-refractivity contribution in [3.8, 4) is 0 Å². The summed E-state index contributed by atoms with van der Waals surface area (Å²) in [6.07, 6.45) is 5.84. The Balaban J connectivity index is 1.51. The van der Waals surface area contributed by atoms with E-state index in [4.69, 9.17) is 4.52 Å². The number of nitrogens with zero attached hydrogens (tertiary/aromatic N) is 4. The largest absolute Gasteiger partial charge is 0.361 e. The molecule has 3 aliphatic rings. The maximum atomic E-state index is 13.3. The molecule has 5 heterocycles. The van der Waals surface area contributed by atoms with E-state index in [0.717, 1.165) is 68.2 Å². The average Bonchev–Trinajstić information content (AvgIpc) is 3.11. The molecule has 0 unspecified atom stereocenters. The Morgan fingerprint density at radius 1 is 1.30 bits per heavy atom. The molecule has 146 valence electrons. The molecule has 3 saturated heterocycles. The number of carbonyl (C=O) groups is 1. The Labute approximate surface area is 160 Å². The number of aromatic amines is 1. The van der Waals surface area contributed by atoms with E-state index >= 15 is 0 Å². The highest BCUT2D eigenvalue weighted by molar-refractivity contribution is 5.95. The van der Waals surface area contributed by atoms with Gasteiger partial charge in [-0.1, -0.05) is 18.5 Å². The van der Waals surface area contributed by atoms with Crippen molar-refractivity contribution < 1.29 is 9.32 Å². The van der Waals surface area contributed by atoms with Crippen LogP contribution in [0.1, 0.15) is 59.3 Å². The highest BCUT2D eigenvalue weighted by Crippen LogP contribution is 2.31. The van der Waals surface area contributed by atoms with Crippen LogP contribution in [0.5, 0.6) is 0 Å². The van der Waals surface area contributed by atoms with Gasteiger partial charge in [-0.2, -0.15) is 5.10 Å². The van der Waals surface area contributed by atoms with Gasteiger partial charge < -0.3 is 9.42 Å². The van der Waals surface area contributed by atoms with E-state index in [-0.39, 0.29) is 11.9 Å². The zero-order valence-electron chi connectivity index (χ0n) is 16.5. The van der Waals surface area contributed by atoms with Gasteiger partial charge in [-0.15, -0.1) is 0 Å². The summed E-state index contributed by atoms with van der Waals surface area (Å²) in [4.78, 5) is 17.8. The number of aryl methyl sites for hydroxylation is 3. The molecule has 3 aliphatic heterocycles. The van der Waals surface area contributed by atoms with Crippen LogP contribution in [0.2, 0.25) is 0 Å². The van der Waals surface area contributed by atoms with E-state index in [1.165, 1.54) is 12.0 Å². The van der Waals surface area contributed by atoms with E-state index in [0.29, 0.717) is 5.92 Å². The topological polar surface area (TPSA) is 78.3 Å². The maximum Gasteiger partial charge on any atom is 0.257 e. The zero-order valence-corrected chi connectivity index (χ0v) is 16.5. The Kier molecular flexibility index (Phi) is 5.04. The molecular formula is C20H29N5O2. The lowest BCUT2D eigenvalue weighted by Crippen LogP contribution is -2.47. The third-order valence-electron chi connectivity index (χ3n) is 6.06. The van der Waals surface area contributed by atoms with Gasteiger partial charge in [0.1, 0.15) is 5.76 Å². The number of rotatable bonds is 5. The second-order valence-corrected chi connectivity index (χ2v) is 8.06. The number of nitrogens with one attached hydrogen (secondary N) is 1. The molecule has 0 spiro atoms. The fraction of sp³-hybridized carbons (Fsp3) is 0.650. The minimum atomic E-state index is 0.140. The van der Waals surface area contributed by atoms with Gasteiger partial charge in [-0.05, 0) is 39.0 Å². The summed E-state index contributed by atoms with van der Waals surface area (Å²) in [5.41, 5.74) is 3.88. The summed E-state index contributed by atoms with van der Waals surface area (Å²) in [5.74, 6) is 1.57. The van der Waals surface area contributed by atoms with Gasteiger partial charge in [-0.3, -0.25) is 14.8 Å². The molecule has 5 rings (SSSR count). The van der Waals surface area contributed by atoms with Crippen molar-refractivity contribution in [1.29, 1.82) is 0 Å². The Bertz CT molecular complexity index is 792. The van der Waals surface area contributed by atoms with Crippen LogP contribution in [0.25, 0.3) is 0 Å². The first-order valence-corrected chi connectivity index (χ1v) is 10.0. The SMILES string of the molecule is CCCc1[nH]ncc1C(=O)N1C[C@@H]2CC[C@H]1CN(Cc1c(C)noc1C)C2. The van der Waals surface area contributed by atoms with Crippen LogP contribution in [-0.2, 0) is 13.0 Å². The average molecular weight is 371 g/mol. The third kappa shape index (κ3) is 3.52. The number of carbonyl (C=O) groups excluding carboxylic acids is 1. The summed E-state index contributed by atoms with van der Waals surface area (Å²) >= 11 is 0. The summed E-state index contributed by atoms with van der Waals surface area (Å²) in [7, 11) is 0. The second-order valence-electron chi connectivity index (χ2n) is 8.06. The summed E-state index contributed by atoms with van der Waals surface area (Å²) in [5, 5.41) is 11.2. The van der Waals surface area contributed by atoms with E-state index in [1.807, 2.05) is 13.8 Å². The molecule has 0 aromatic carbocycles. The van der Waals surface area contributed by atoms with Crippen molar-refractivity contribution >= 4 is 5.91 Å². The first kappa shape index (κ1) is 18.2. The molecule has 1 N–H and O–H groups in total. The van der Waals surface area contributed by atoms with Gasteiger partial charge in [0.15, 0.2) is 0 Å². The van der Waals surface area contributed by atoms with Crippen LogP contribution in [0.3, 0.4) is 0 Å². The minimum Gasteiger partial charge on any atom is -0.361 e. The lowest BCUT2D eigenvalue weighted by Gasteiger charge is -2.36. The number of amides is 1. The van der Waals surface area contributed by atoms with Crippen LogP contribution in [-0.4, -0.2) is 56.7 Å². The van der Waals surface area contributed by atoms with Gasteiger partial charge in [-0.25, -0.2) is 0 Å². The van der Waals surface area contributed by atoms with Gasteiger partial charge in [0.25, 0.3) is 5.91 Å². The number of hydrogen-bond acceptors (Lipinski definition) is 5. The van der Waals surface area contributed by atoms with Crippen molar-refractivity contribution in [3.05, 3.63) is 34.5 Å². The molecule has 0 aliphatic carbocycles. The zero-order chi connectivity index (χ0) is 19.0. The molecule has 7 nitrogen and oxygen atoms in total. The van der Waals surface area contributed by atoms with Crippen molar-refractivity contribution in [2.75, 3.05) is 19.6 Å². The monoisotopic (exact) mass is 371 g/mol. The molecule has 0 radical (unpaired) electrons. The standard InChI is InChI=1S/C20H29N5O2/c1-4-5-19-17(8-21-22-19)20(26)25-10-15-6-7-16(25)11-24(9-15)12-18-13(2)23-27-14(18)3/h8,15-16H,4-7,9-12H2,1-3H3,(H,21,22)/t15-,16+/m1/s1. The molecule has 2 bridgehead atoms.